The first-order valence-corrected chi connectivity index (χ1v) is 7.00. The third-order valence-corrected chi connectivity index (χ3v) is 3.61. The third kappa shape index (κ3) is 3.83. The standard InChI is InChI=1S/C13H22N2O4/c1-2-11-8-14(6-3-7-19-11)13(18)15(9-12(16)17)10-4-5-10/h10-11H,2-9H2,1H3,(H,16,17). The fourth-order valence-corrected chi connectivity index (χ4v) is 2.38. The summed E-state index contributed by atoms with van der Waals surface area (Å²) in [6, 6.07) is -0.0262. The Kier molecular flexibility index (Phi) is 4.63. The van der Waals surface area contributed by atoms with Crippen molar-refractivity contribution in [1.82, 2.24) is 9.80 Å². The summed E-state index contributed by atoms with van der Waals surface area (Å²) < 4.78 is 5.64. The molecule has 2 rings (SSSR count). The molecule has 6 heteroatoms. The first kappa shape index (κ1) is 14.1. The van der Waals surface area contributed by atoms with Crippen molar-refractivity contribution in [2.24, 2.45) is 0 Å². The number of hydrogen-bond acceptors (Lipinski definition) is 3. The summed E-state index contributed by atoms with van der Waals surface area (Å²) in [7, 11) is 0. The highest BCUT2D eigenvalue weighted by Crippen LogP contribution is 2.28. The fraction of sp³-hybridized carbons (Fsp3) is 0.846. The summed E-state index contributed by atoms with van der Waals surface area (Å²) in [6.45, 7) is 3.73. The van der Waals surface area contributed by atoms with Gasteiger partial charge in [0.25, 0.3) is 0 Å². The molecule has 2 amide bonds. The largest absolute Gasteiger partial charge is 0.480 e. The van der Waals surface area contributed by atoms with E-state index < -0.39 is 5.97 Å². The Hall–Kier alpha value is -1.30. The van der Waals surface area contributed by atoms with Gasteiger partial charge >= 0.3 is 12.0 Å². The van der Waals surface area contributed by atoms with Gasteiger partial charge in [0.15, 0.2) is 0 Å². The molecule has 19 heavy (non-hydrogen) atoms. The second kappa shape index (κ2) is 6.23. The van der Waals surface area contributed by atoms with Gasteiger partial charge in [-0.2, -0.15) is 0 Å². The van der Waals surface area contributed by atoms with Crippen molar-refractivity contribution in [1.29, 1.82) is 0 Å². The van der Waals surface area contributed by atoms with E-state index in [1.54, 1.807) is 4.90 Å². The second-order valence-electron chi connectivity index (χ2n) is 5.24. The first-order valence-electron chi connectivity index (χ1n) is 7.00. The van der Waals surface area contributed by atoms with E-state index in [9.17, 15) is 9.59 Å². The topological polar surface area (TPSA) is 70.1 Å². The van der Waals surface area contributed by atoms with Crippen LogP contribution >= 0.6 is 0 Å². The molecule has 1 aliphatic carbocycles. The summed E-state index contributed by atoms with van der Waals surface area (Å²) >= 11 is 0. The van der Waals surface area contributed by atoms with Crippen LogP contribution in [0.2, 0.25) is 0 Å². The highest BCUT2D eigenvalue weighted by Gasteiger charge is 2.36. The van der Waals surface area contributed by atoms with Gasteiger partial charge in [-0.05, 0) is 25.7 Å². The Labute approximate surface area is 113 Å². The maximum Gasteiger partial charge on any atom is 0.323 e. The van der Waals surface area contributed by atoms with Crippen molar-refractivity contribution >= 4 is 12.0 Å². The third-order valence-electron chi connectivity index (χ3n) is 3.61. The molecule has 1 N–H and O–H groups in total. The highest BCUT2D eigenvalue weighted by atomic mass is 16.5. The molecule has 0 radical (unpaired) electrons. The van der Waals surface area contributed by atoms with Crippen molar-refractivity contribution in [2.75, 3.05) is 26.2 Å². The van der Waals surface area contributed by atoms with Gasteiger partial charge in [0, 0.05) is 25.7 Å². The van der Waals surface area contributed by atoms with E-state index in [0.717, 1.165) is 25.7 Å². The lowest BCUT2D eigenvalue weighted by Gasteiger charge is -2.30. The lowest BCUT2D eigenvalue weighted by Crippen LogP contribution is -2.48. The van der Waals surface area contributed by atoms with E-state index in [2.05, 4.69) is 0 Å². The highest BCUT2D eigenvalue weighted by molar-refractivity contribution is 5.80. The number of amides is 2. The molecule has 0 spiro atoms. The number of aliphatic carboxylic acids is 1. The lowest BCUT2D eigenvalue weighted by atomic mass is 10.2. The predicted octanol–water partition coefficient (Wildman–Crippen LogP) is 1.16. The SMILES string of the molecule is CCC1CN(C(=O)N(CC(=O)O)C2CC2)CCCO1. The molecule has 2 fully saturated rings. The molecule has 1 unspecified atom stereocenters. The van der Waals surface area contributed by atoms with E-state index in [1.807, 2.05) is 6.92 Å². The van der Waals surface area contributed by atoms with Crippen molar-refractivity contribution in [2.45, 2.75) is 44.8 Å². The molecule has 0 aromatic carbocycles. The number of carbonyl (C=O) groups is 2. The number of ether oxygens (including phenoxy) is 1. The average molecular weight is 270 g/mol. The van der Waals surface area contributed by atoms with E-state index >= 15 is 0 Å². The minimum Gasteiger partial charge on any atom is -0.480 e. The maximum atomic E-state index is 12.5. The Bertz CT molecular complexity index is 344. The quantitative estimate of drug-likeness (QED) is 0.832. The van der Waals surface area contributed by atoms with Gasteiger partial charge in [0.2, 0.25) is 0 Å². The minimum atomic E-state index is -0.946. The van der Waals surface area contributed by atoms with Crippen molar-refractivity contribution < 1.29 is 19.4 Å². The molecule has 1 saturated carbocycles. The predicted molar refractivity (Wildman–Crippen MR) is 69.0 cm³/mol. The van der Waals surface area contributed by atoms with Gasteiger partial charge in [-0.1, -0.05) is 6.92 Å². The second-order valence-corrected chi connectivity index (χ2v) is 5.24. The van der Waals surface area contributed by atoms with E-state index in [0.29, 0.717) is 19.7 Å². The van der Waals surface area contributed by atoms with Gasteiger partial charge < -0.3 is 19.6 Å². The molecule has 0 aromatic rings. The number of carboxylic acid groups (broad SMARTS) is 1. The Morgan fingerprint density at radius 2 is 2.16 bits per heavy atom. The molecule has 1 aliphatic heterocycles. The summed E-state index contributed by atoms with van der Waals surface area (Å²) in [4.78, 5) is 26.6. The first-order chi connectivity index (χ1) is 9.11. The molecule has 108 valence electrons. The maximum absolute atomic E-state index is 12.5. The van der Waals surface area contributed by atoms with Crippen LogP contribution in [-0.4, -0.2) is 65.3 Å². The normalized spacial score (nSPS) is 23.8. The van der Waals surface area contributed by atoms with Crippen LogP contribution in [0.5, 0.6) is 0 Å². The number of carboxylic acids is 1. The van der Waals surface area contributed by atoms with Crippen LogP contribution in [0.15, 0.2) is 0 Å². The number of hydrogen-bond donors (Lipinski definition) is 1. The number of nitrogens with zero attached hydrogens (tertiary/aromatic N) is 2. The number of urea groups is 1. The smallest absolute Gasteiger partial charge is 0.323 e. The van der Waals surface area contributed by atoms with Gasteiger partial charge in [0.1, 0.15) is 6.54 Å². The molecule has 6 nitrogen and oxygen atoms in total. The van der Waals surface area contributed by atoms with Gasteiger partial charge in [-0.25, -0.2) is 4.79 Å². The van der Waals surface area contributed by atoms with Gasteiger partial charge in [-0.15, -0.1) is 0 Å². The van der Waals surface area contributed by atoms with Crippen LogP contribution in [0.3, 0.4) is 0 Å². The molecule has 0 aromatic heterocycles. The molecule has 1 heterocycles. The Morgan fingerprint density at radius 3 is 2.74 bits per heavy atom. The van der Waals surface area contributed by atoms with Gasteiger partial charge in [0.05, 0.1) is 6.10 Å². The summed E-state index contributed by atoms with van der Waals surface area (Å²) in [5, 5.41) is 8.92. The van der Waals surface area contributed by atoms with E-state index in [4.69, 9.17) is 9.84 Å². The van der Waals surface area contributed by atoms with Crippen LogP contribution in [-0.2, 0) is 9.53 Å². The summed E-state index contributed by atoms with van der Waals surface area (Å²) in [5.41, 5.74) is 0. The van der Waals surface area contributed by atoms with Crippen molar-refractivity contribution in [3.63, 3.8) is 0 Å². The number of rotatable bonds is 4. The van der Waals surface area contributed by atoms with Crippen LogP contribution in [0.4, 0.5) is 4.79 Å². The Morgan fingerprint density at radius 1 is 1.42 bits per heavy atom. The average Bonchev–Trinajstić information content (AvgIpc) is 3.20. The molecule has 1 saturated heterocycles. The van der Waals surface area contributed by atoms with Gasteiger partial charge in [-0.3, -0.25) is 4.79 Å². The fourth-order valence-electron chi connectivity index (χ4n) is 2.38. The molecular weight excluding hydrogens is 248 g/mol. The van der Waals surface area contributed by atoms with Crippen LogP contribution in [0.25, 0.3) is 0 Å². The minimum absolute atomic E-state index is 0.0670. The molecule has 2 aliphatic rings. The molecule has 1 atom stereocenters. The molecular formula is C13H22N2O4. The van der Waals surface area contributed by atoms with E-state index in [1.165, 1.54) is 4.90 Å². The monoisotopic (exact) mass is 270 g/mol. The lowest BCUT2D eigenvalue weighted by molar-refractivity contribution is -0.137. The van der Waals surface area contributed by atoms with E-state index in [-0.39, 0.29) is 24.7 Å². The van der Waals surface area contributed by atoms with Crippen LogP contribution in [0.1, 0.15) is 32.6 Å². The number of carbonyl (C=O) groups excluding carboxylic acids is 1. The van der Waals surface area contributed by atoms with Crippen molar-refractivity contribution in [3.05, 3.63) is 0 Å². The summed E-state index contributed by atoms with van der Waals surface area (Å²) in [5.74, 6) is -0.946. The zero-order valence-corrected chi connectivity index (χ0v) is 11.4. The zero-order chi connectivity index (χ0) is 13.8. The Balaban J connectivity index is 2.00. The van der Waals surface area contributed by atoms with Crippen LogP contribution in [0, 0.1) is 0 Å². The summed E-state index contributed by atoms with van der Waals surface area (Å²) in [6.07, 6.45) is 3.58. The van der Waals surface area contributed by atoms with Crippen LogP contribution < -0.4 is 0 Å². The zero-order valence-electron chi connectivity index (χ0n) is 11.4. The molecule has 0 bridgehead atoms. The van der Waals surface area contributed by atoms with Crippen molar-refractivity contribution in [3.8, 4) is 0 Å².